The van der Waals surface area contributed by atoms with Crippen LogP contribution in [0.15, 0.2) is 0 Å². The van der Waals surface area contributed by atoms with Crippen molar-refractivity contribution < 1.29 is 27.5 Å². The minimum atomic E-state index is -4.56. The molecule has 0 aromatic heterocycles. The van der Waals surface area contributed by atoms with Crippen molar-refractivity contribution in [2.24, 2.45) is 0 Å². The smallest absolute Gasteiger partial charge is 0.397 e. The van der Waals surface area contributed by atoms with Gasteiger partial charge in [0.25, 0.3) is 0 Å². The van der Waals surface area contributed by atoms with E-state index in [1.54, 1.807) is 12.2 Å². The number of nitrogens with one attached hydrogen (secondary N) is 1. The van der Waals surface area contributed by atoms with E-state index in [1.807, 2.05) is 0 Å². The molecule has 0 heterocycles. The van der Waals surface area contributed by atoms with Crippen molar-refractivity contribution in [1.82, 2.24) is 5.32 Å². The molecule has 1 N–H and O–H groups in total. The van der Waals surface area contributed by atoms with E-state index in [1.165, 1.54) is 0 Å². The molecule has 0 aromatic rings. The molecule has 0 aliphatic heterocycles. The molecule has 0 bridgehead atoms. The molecule has 0 saturated carbocycles. The SMILES string of the molecule is CCOC(=O)CNC(=O)CC(F)(F)F. The van der Waals surface area contributed by atoms with Crippen LogP contribution in [0, 0.1) is 0 Å². The molecule has 0 fully saturated rings. The first-order valence-corrected chi connectivity index (χ1v) is 3.84. The molecule has 0 aliphatic carbocycles. The summed E-state index contributed by atoms with van der Waals surface area (Å²) in [4.78, 5) is 21.1. The van der Waals surface area contributed by atoms with E-state index in [2.05, 4.69) is 4.74 Å². The van der Waals surface area contributed by atoms with Crippen LogP contribution in [-0.2, 0) is 14.3 Å². The lowest BCUT2D eigenvalue weighted by Gasteiger charge is -2.06. The Morgan fingerprint density at radius 2 is 1.93 bits per heavy atom. The zero-order valence-corrected chi connectivity index (χ0v) is 7.48. The van der Waals surface area contributed by atoms with Gasteiger partial charge in [-0.25, -0.2) is 0 Å². The maximum absolute atomic E-state index is 11.6. The molecule has 1 amide bonds. The normalized spacial score (nSPS) is 10.9. The number of esters is 1. The summed E-state index contributed by atoms with van der Waals surface area (Å²) >= 11 is 0. The van der Waals surface area contributed by atoms with Crippen LogP contribution in [0.1, 0.15) is 13.3 Å². The minimum Gasteiger partial charge on any atom is -0.465 e. The van der Waals surface area contributed by atoms with Crippen LogP contribution in [0.4, 0.5) is 13.2 Å². The van der Waals surface area contributed by atoms with E-state index in [0.29, 0.717) is 0 Å². The van der Waals surface area contributed by atoms with Crippen LogP contribution in [0.3, 0.4) is 0 Å². The molecule has 0 aromatic carbocycles. The summed E-state index contributed by atoms with van der Waals surface area (Å²) in [5.41, 5.74) is 0. The van der Waals surface area contributed by atoms with E-state index >= 15 is 0 Å². The summed E-state index contributed by atoms with van der Waals surface area (Å²) in [7, 11) is 0. The molecule has 7 heteroatoms. The minimum absolute atomic E-state index is 0.119. The van der Waals surface area contributed by atoms with E-state index in [9.17, 15) is 22.8 Å². The number of hydrogen-bond acceptors (Lipinski definition) is 3. The number of amides is 1. The Morgan fingerprint density at radius 3 is 2.36 bits per heavy atom. The van der Waals surface area contributed by atoms with Crippen LogP contribution in [0.5, 0.6) is 0 Å². The van der Waals surface area contributed by atoms with Gasteiger partial charge in [0.15, 0.2) is 0 Å². The largest absolute Gasteiger partial charge is 0.465 e. The van der Waals surface area contributed by atoms with Crippen molar-refractivity contribution in [3.63, 3.8) is 0 Å². The number of carbonyl (C=O) groups excluding carboxylic acids is 2. The summed E-state index contributed by atoms with van der Waals surface area (Å²) in [5.74, 6) is -2.01. The number of ether oxygens (including phenoxy) is 1. The molecule has 0 spiro atoms. The topological polar surface area (TPSA) is 55.4 Å². The molecule has 0 rings (SSSR count). The maximum Gasteiger partial charge on any atom is 0.397 e. The van der Waals surface area contributed by atoms with Gasteiger partial charge >= 0.3 is 12.1 Å². The van der Waals surface area contributed by atoms with Gasteiger partial charge in [0.2, 0.25) is 5.91 Å². The average Bonchev–Trinajstić information content (AvgIpc) is 1.98. The predicted octanol–water partition coefficient (Wildman–Crippen LogP) is 0.618. The molecule has 0 atom stereocenters. The second-order valence-electron chi connectivity index (χ2n) is 2.37. The predicted molar refractivity (Wildman–Crippen MR) is 40.3 cm³/mol. The van der Waals surface area contributed by atoms with Gasteiger partial charge in [-0.1, -0.05) is 0 Å². The van der Waals surface area contributed by atoms with Crippen LogP contribution in [0.2, 0.25) is 0 Å². The van der Waals surface area contributed by atoms with E-state index in [0.717, 1.165) is 0 Å². The monoisotopic (exact) mass is 213 g/mol. The highest BCUT2D eigenvalue weighted by Gasteiger charge is 2.31. The number of halogens is 3. The summed E-state index contributed by atoms with van der Waals surface area (Å²) in [6.45, 7) is 1.13. The first-order valence-electron chi connectivity index (χ1n) is 3.84. The molecule has 0 unspecified atom stereocenters. The van der Waals surface area contributed by atoms with Crippen molar-refractivity contribution in [1.29, 1.82) is 0 Å². The molecular weight excluding hydrogens is 203 g/mol. The highest BCUT2D eigenvalue weighted by Crippen LogP contribution is 2.18. The second-order valence-corrected chi connectivity index (χ2v) is 2.37. The Balaban J connectivity index is 3.70. The Kier molecular flexibility index (Phi) is 4.96. The third-order valence-electron chi connectivity index (χ3n) is 1.10. The maximum atomic E-state index is 11.6. The first kappa shape index (κ1) is 12.7. The lowest BCUT2D eigenvalue weighted by molar-refractivity contribution is -0.156. The standard InChI is InChI=1S/C7H10F3NO3/c1-2-14-6(13)4-11-5(12)3-7(8,9)10/h2-4H2,1H3,(H,11,12). The highest BCUT2D eigenvalue weighted by molar-refractivity contribution is 5.82. The third-order valence-corrected chi connectivity index (χ3v) is 1.10. The average molecular weight is 213 g/mol. The molecule has 4 nitrogen and oxygen atoms in total. The van der Waals surface area contributed by atoms with Gasteiger partial charge in [-0.2, -0.15) is 13.2 Å². The van der Waals surface area contributed by atoms with Gasteiger partial charge < -0.3 is 10.1 Å². The van der Waals surface area contributed by atoms with Crippen molar-refractivity contribution in [3.8, 4) is 0 Å². The van der Waals surface area contributed by atoms with Crippen LogP contribution in [0.25, 0.3) is 0 Å². The Hall–Kier alpha value is -1.27. The van der Waals surface area contributed by atoms with Gasteiger partial charge in [-0.05, 0) is 6.92 Å². The van der Waals surface area contributed by atoms with Crippen molar-refractivity contribution >= 4 is 11.9 Å². The fourth-order valence-corrected chi connectivity index (χ4v) is 0.627. The highest BCUT2D eigenvalue weighted by atomic mass is 19.4. The Labute approximate surface area is 78.4 Å². The van der Waals surface area contributed by atoms with Gasteiger partial charge in [0.05, 0.1) is 6.61 Å². The summed E-state index contributed by atoms with van der Waals surface area (Å²) in [5, 5.41) is 1.79. The third kappa shape index (κ3) is 7.38. The summed E-state index contributed by atoms with van der Waals surface area (Å²) < 4.78 is 39.2. The quantitative estimate of drug-likeness (QED) is 0.696. The number of alkyl halides is 3. The van der Waals surface area contributed by atoms with Crippen molar-refractivity contribution in [2.45, 2.75) is 19.5 Å². The molecule has 0 saturated heterocycles. The summed E-state index contributed by atoms with van der Waals surface area (Å²) in [6, 6.07) is 0. The number of hydrogen-bond donors (Lipinski definition) is 1. The zero-order valence-electron chi connectivity index (χ0n) is 7.48. The van der Waals surface area contributed by atoms with Crippen LogP contribution < -0.4 is 5.32 Å². The molecule has 0 radical (unpaired) electrons. The lowest BCUT2D eigenvalue weighted by atomic mass is 10.4. The van der Waals surface area contributed by atoms with Gasteiger partial charge in [0.1, 0.15) is 13.0 Å². The van der Waals surface area contributed by atoms with Crippen molar-refractivity contribution in [2.75, 3.05) is 13.2 Å². The van der Waals surface area contributed by atoms with Crippen molar-refractivity contribution in [3.05, 3.63) is 0 Å². The fourth-order valence-electron chi connectivity index (χ4n) is 0.627. The van der Waals surface area contributed by atoms with Gasteiger partial charge in [-0.15, -0.1) is 0 Å². The Bertz CT molecular complexity index is 215. The van der Waals surface area contributed by atoms with Gasteiger partial charge in [0, 0.05) is 0 Å². The van der Waals surface area contributed by atoms with E-state index in [-0.39, 0.29) is 6.61 Å². The lowest BCUT2D eigenvalue weighted by Crippen LogP contribution is -2.33. The molecule has 82 valence electrons. The van der Waals surface area contributed by atoms with Crippen LogP contribution in [-0.4, -0.2) is 31.2 Å². The summed E-state index contributed by atoms with van der Waals surface area (Å²) in [6.07, 6.45) is -6.15. The molecule has 0 aliphatic rings. The second kappa shape index (κ2) is 5.46. The molecular formula is C7H10F3NO3. The number of rotatable bonds is 4. The van der Waals surface area contributed by atoms with E-state index < -0.39 is 31.0 Å². The van der Waals surface area contributed by atoms with Gasteiger partial charge in [-0.3, -0.25) is 9.59 Å². The Morgan fingerprint density at radius 1 is 1.36 bits per heavy atom. The van der Waals surface area contributed by atoms with Crippen LogP contribution >= 0.6 is 0 Å². The number of carbonyl (C=O) groups is 2. The van der Waals surface area contributed by atoms with E-state index in [4.69, 9.17) is 0 Å². The molecule has 14 heavy (non-hydrogen) atoms. The fraction of sp³-hybridized carbons (Fsp3) is 0.714. The first-order chi connectivity index (χ1) is 6.35. The zero-order chi connectivity index (χ0) is 11.2.